The van der Waals surface area contributed by atoms with Crippen molar-refractivity contribution in [3.63, 3.8) is 0 Å². The quantitative estimate of drug-likeness (QED) is 0.654. The van der Waals surface area contributed by atoms with Gasteiger partial charge in [-0.15, -0.1) is 0 Å². The number of benzene rings is 1. The van der Waals surface area contributed by atoms with Crippen LogP contribution in [0.3, 0.4) is 0 Å². The van der Waals surface area contributed by atoms with E-state index in [4.69, 9.17) is 0 Å². The Kier molecular flexibility index (Phi) is 1.51. The molecule has 0 aliphatic rings. The van der Waals surface area contributed by atoms with E-state index in [-0.39, 0.29) is 0 Å². The van der Waals surface area contributed by atoms with E-state index in [1.54, 1.807) is 0 Å². The van der Waals surface area contributed by atoms with E-state index in [0.29, 0.717) is 0 Å². The molecule has 0 aliphatic carbocycles. The molecule has 0 spiro atoms. The first-order chi connectivity index (χ1) is 5.83. The van der Waals surface area contributed by atoms with Crippen molar-refractivity contribution in [1.29, 1.82) is 0 Å². The van der Waals surface area contributed by atoms with Crippen molar-refractivity contribution in [2.24, 2.45) is 0 Å². The standard InChI is InChI=1S/C11H11N/c1-3-9-5-4-6-10-8(2)7-12-11(9)10/h3-7,12H,1H2,2H3. The van der Waals surface area contributed by atoms with Crippen LogP contribution in [0, 0.1) is 6.92 Å². The van der Waals surface area contributed by atoms with Crippen molar-refractivity contribution < 1.29 is 0 Å². The molecule has 1 nitrogen and oxygen atoms in total. The zero-order valence-corrected chi connectivity index (χ0v) is 7.09. The predicted molar refractivity (Wildman–Crippen MR) is 53.1 cm³/mol. The molecule has 0 atom stereocenters. The minimum absolute atomic E-state index is 1.17. The lowest BCUT2D eigenvalue weighted by atomic mass is 10.1. The molecule has 0 radical (unpaired) electrons. The van der Waals surface area contributed by atoms with Gasteiger partial charge in [-0.3, -0.25) is 0 Å². The molecule has 0 fully saturated rings. The molecule has 1 heterocycles. The molecule has 1 aromatic heterocycles. The molecule has 0 amide bonds. The summed E-state index contributed by atoms with van der Waals surface area (Å²) in [4.78, 5) is 3.24. The Morgan fingerprint density at radius 3 is 3.00 bits per heavy atom. The molecule has 1 N–H and O–H groups in total. The third-order valence-corrected chi connectivity index (χ3v) is 2.17. The number of aromatic amines is 1. The maximum absolute atomic E-state index is 3.77. The normalized spacial score (nSPS) is 10.4. The number of nitrogens with one attached hydrogen (secondary N) is 1. The van der Waals surface area contributed by atoms with Gasteiger partial charge < -0.3 is 4.98 Å². The Morgan fingerprint density at radius 2 is 2.25 bits per heavy atom. The summed E-state index contributed by atoms with van der Waals surface area (Å²) in [6, 6.07) is 6.24. The first kappa shape index (κ1) is 7.17. The Hall–Kier alpha value is -1.50. The van der Waals surface area contributed by atoms with Gasteiger partial charge in [0.2, 0.25) is 0 Å². The van der Waals surface area contributed by atoms with Crippen LogP contribution in [-0.4, -0.2) is 4.98 Å². The molecule has 1 aromatic carbocycles. The summed E-state index contributed by atoms with van der Waals surface area (Å²) >= 11 is 0. The van der Waals surface area contributed by atoms with Gasteiger partial charge in [0.05, 0.1) is 5.52 Å². The van der Waals surface area contributed by atoms with Gasteiger partial charge in [-0.05, 0) is 18.1 Å². The first-order valence-electron chi connectivity index (χ1n) is 4.02. The SMILES string of the molecule is C=Cc1cccc2c(C)c[nH]c12. The van der Waals surface area contributed by atoms with Crippen molar-refractivity contribution in [3.8, 4) is 0 Å². The minimum Gasteiger partial charge on any atom is -0.360 e. The van der Waals surface area contributed by atoms with Crippen molar-refractivity contribution >= 4 is 17.0 Å². The van der Waals surface area contributed by atoms with E-state index >= 15 is 0 Å². The predicted octanol–water partition coefficient (Wildman–Crippen LogP) is 3.12. The van der Waals surface area contributed by atoms with Crippen LogP contribution in [0.5, 0.6) is 0 Å². The number of hydrogen-bond donors (Lipinski definition) is 1. The highest BCUT2D eigenvalue weighted by Gasteiger charge is 2.00. The topological polar surface area (TPSA) is 15.8 Å². The Bertz CT molecular complexity index is 423. The first-order valence-corrected chi connectivity index (χ1v) is 4.02. The maximum Gasteiger partial charge on any atom is 0.0530 e. The molecule has 1 heteroatoms. The summed E-state index contributed by atoms with van der Waals surface area (Å²) in [7, 11) is 0. The maximum atomic E-state index is 3.77. The Balaban J connectivity index is 2.89. The zero-order valence-electron chi connectivity index (χ0n) is 7.09. The van der Waals surface area contributed by atoms with Gasteiger partial charge in [0.25, 0.3) is 0 Å². The summed E-state index contributed by atoms with van der Waals surface area (Å²) in [5, 5.41) is 1.28. The molecular formula is C11H11N. The average molecular weight is 157 g/mol. The number of rotatable bonds is 1. The summed E-state index contributed by atoms with van der Waals surface area (Å²) in [6.07, 6.45) is 3.90. The number of aryl methyl sites for hydroxylation is 1. The van der Waals surface area contributed by atoms with Crippen LogP contribution in [0.15, 0.2) is 31.0 Å². The van der Waals surface area contributed by atoms with Crippen LogP contribution in [-0.2, 0) is 0 Å². The molecule has 0 aliphatic heterocycles. The van der Waals surface area contributed by atoms with E-state index in [2.05, 4.69) is 36.7 Å². The Labute approximate surface area is 71.7 Å². The molecule has 2 aromatic rings. The lowest BCUT2D eigenvalue weighted by Gasteiger charge is -1.95. The molecular weight excluding hydrogens is 146 g/mol. The van der Waals surface area contributed by atoms with Crippen LogP contribution in [0.4, 0.5) is 0 Å². The molecule has 0 saturated heterocycles. The second kappa shape index (κ2) is 2.52. The second-order valence-corrected chi connectivity index (χ2v) is 2.95. The fraction of sp³-hybridized carbons (Fsp3) is 0.0909. The molecule has 60 valence electrons. The van der Waals surface area contributed by atoms with Crippen LogP contribution in [0.2, 0.25) is 0 Å². The van der Waals surface area contributed by atoms with E-state index in [9.17, 15) is 0 Å². The highest BCUT2D eigenvalue weighted by atomic mass is 14.7. The molecule has 0 saturated carbocycles. The van der Waals surface area contributed by atoms with Gasteiger partial charge in [-0.1, -0.05) is 30.9 Å². The molecule has 0 bridgehead atoms. The summed E-state index contributed by atoms with van der Waals surface area (Å²) in [5.41, 5.74) is 3.64. The molecule has 2 rings (SSSR count). The van der Waals surface area contributed by atoms with Crippen molar-refractivity contribution in [2.45, 2.75) is 6.92 Å². The number of aromatic nitrogens is 1. The third-order valence-electron chi connectivity index (χ3n) is 2.17. The largest absolute Gasteiger partial charge is 0.360 e. The second-order valence-electron chi connectivity index (χ2n) is 2.95. The number of hydrogen-bond acceptors (Lipinski definition) is 0. The van der Waals surface area contributed by atoms with Gasteiger partial charge in [0, 0.05) is 11.6 Å². The lowest BCUT2D eigenvalue weighted by molar-refractivity contribution is 1.42. The molecule has 12 heavy (non-hydrogen) atoms. The highest BCUT2D eigenvalue weighted by Crippen LogP contribution is 2.21. The number of fused-ring (bicyclic) bond motifs is 1. The number of H-pyrrole nitrogens is 1. The van der Waals surface area contributed by atoms with E-state index in [1.165, 1.54) is 22.0 Å². The van der Waals surface area contributed by atoms with Crippen LogP contribution < -0.4 is 0 Å². The third kappa shape index (κ3) is 0.866. The number of para-hydroxylation sites is 1. The minimum atomic E-state index is 1.17. The Morgan fingerprint density at radius 1 is 1.42 bits per heavy atom. The fourth-order valence-electron chi connectivity index (χ4n) is 1.49. The summed E-state index contributed by atoms with van der Waals surface area (Å²) in [6.45, 7) is 5.87. The van der Waals surface area contributed by atoms with Gasteiger partial charge in [0.15, 0.2) is 0 Å². The lowest BCUT2D eigenvalue weighted by Crippen LogP contribution is -1.74. The van der Waals surface area contributed by atoms with Gasteiger partial charge in [0.1, 0.15) is 0 Å². The summed E-state index contributed by atoms with van der Waals surface area (Å²) < 4.78 is 0. The van der Waals surface area contributed by atoms with Crippen LogP contribution >= 0.6 is 0 Å². The van der Waals surface area contributed by atoms with E-state index < -0.39 is 0 Å². The zero-order chi connectivity index (χ0) is 8.55. The van der Waals surface area contributed by atoms with E-state index in [1.807, 2.05) is 12.3 Å². The van der Waals surface area contributed by atoms with Gasteiger partial charge >= 0.3 is 0 Å². The molecule has 0 unspecified atom stereocenters. The smallest absolute Gasteiger partial charge is 0.0530 e. The van der Waals surface area contributed by atoms with E-state index in [0.717, 1.165) is 0 Å². The van der Waals surface area contributed by atoms with Gasteiger partial charge in [-0.25, -0.2) is 0 Å². The van der Waals surface area contributed by atoms with Crippen LogP contribution in [0.1, 0.15) is 11.1 Å². The van der Waals surface area contributed by atoms with Gasteiger partial charge in [-0.2, -0.15) is 0 Å². The monoisotopic (exact) mass is 157 g/mol. The van der Waals surface area contributed by atoms with Crippen molar-refractivity contribution in [1.82, 2.24) is 4.98 Å². The average Bonchev–Trinajstić information content (AvgIpc) is 2.48. The van der Waals surface area contributed by atoms with Crippen molar-refractivity contribution in [2.75, 3.05) is 0 Å². The van der Waals surface area contributed by atoms with Crippen molar-refractivity contribution in [3.05, 3.63) is 42.1 Å². The highest BCUT2D eigenvalue weighted by molar-refractivity contribution is 5.89. The summed E-state index contributed by atoms with van der Waals surface area (Å²) in [5.74, 6) is 0. The fourth-order valence-corrected chi connectivity index (χ4v) is 1.49. The van der Waals surface area contributed by atoms with Crippen LogP contribution in [0.25, 0.3) is 17.0 Å².